The largest absolute Gasteiger partial charge is 0.456 e. The molecular formula is C18H24N2O3S. The van der Waals surface area contributed by atoms with E-state index in [0.717, 1.165) is 21.6 Å². The summed E-state index contributed by atoms with van der Waals surface area (Å²) in [6.45, 7) is 5.78. The van der Waals surface area contributed by atoms with Crippen molar-refractivity contribution >= 4 is 33.4 Å². The topological polar surface area (TPSA) is 68.3 Å². The number of benzene rings is 1. The summed E-state index contributed by atoms with van der Waals surface area (Å²) in [4.78, 5) is 27.9. The van der Waals surface area contributed by atoms with Crippen LogP contribution in [0, 0.1) is 5.92 Å². The Morgan fingerprint density at radius 2 is 2.00 bits per heavy atom. The molecule has 1 amide bonds. The molecule has 1 heterocycles. The predicted octanol–water partition coefficient (Wildman–Crippen LogP) is 3.32. The van der Waals surface area contributed by atoms with Crippen LogP contribution in [0.4, 0.5) is 0 Å². The number of carbonyl (C=O) groups is 2. The number of fused-ring (bicyclic) bond motifs is 1. The van der Waals surface area contributed by atoms with Gasteiger partial charge in [-0.25, -0.2) is 4.98 Å². The Kier molecular flexibility index (Phi) is 6.73. The normalized spacial score (nSPS) is 12.3. The van der Waals surface area contributed by atoms with Crippen LogP contribution in [0.5, 0.6) is 0 Å². The number of para-hydroxylation sites is 1. The average Bonchev–Trinajstić information content (AvgIpc) is 2.95. The number of esters is 1. The molecule has 0 fully saturated rings. The van der Waals surface area contributed by atoms with E-state index >= 15 is 0 Å². The molecule has 0 aliphatic heterocycles. The third-order valence-electron chi connectivity index (χ3n) is 3.86. The predicted molar refractivity (Wildman–Crippen MR) is 96.0 cm³/mol. The maximum Gasteiger partial charge on any atom is 0.306 e. The fourth-order valence-electron chi connectivity index (χ4n) is 2.09. The van der Waals surface area contributed by atoms with Crippen LogP contribution in [-0.2, 0) is 20.7 Å². The van der Waals surface area contributed by atoms with Crippen LogP contribution in [0.3, 0.4) is 0 Å². The lowest BCUT2D eigenvalue weighted by molar-refractivity contribution is -0.148. The van der Waals surface area contributed by atoms with Gasteiger partial charge in [0, 0.05) is 12.5 Å². The second kappa shape index (κ2) is 8.78. The van der Waals surface area contributed by atoms with Crippen molar-refractivity contribution in [3.8, 4) is 0 Å². The summed E-state index contributed by atoms with van der Waals surface area (Å²) in [6, 6.07) is 8.05. The second-order valence-corrected chi connectivity index (χ2v) is 7.30. The minimum absolute atomic E-state index is 0.0650. The van der Waals surface area contributed by atoms with Gasteiger partial charge in [-0.15, -0.1) is 11.3 Å². The van der Waals surface area contributed by atoms with Crippen LogP contribution < -0.4 is 5.32 Å². The van der Waals surface area contributed by atoms with E-state index in [-0.39, 0.29) is 24.5 Å². The number of rotatable bonds is 8. The van der Waals surface area contributed by atoms with Gasteiger partial charge in [0.25, 0.3) is 5.91 Å². The van der Waals surface area contributed by atoms with Gasteiger partial charge in [-0.2, -0.15) is 0 Å². The summed E-state index contributed by atoms with van der Waals surface area (Å²) >= 11 is 1.65. The standard InChI is InChI=1S/C18H24N2O3S/c1-12(2)13(3)19-16(21)11-23-18(22)10-6-9-17-20-14-7-4-5-8-15(14)24-17/h4-5,7-8,12-13H,6,9-11H2,1-3H3,(H,19,21)/t13-/m0/s1. The summed E-state index contributed by atoms with van der Waals surface area (Å²) in [5, 5.41) is 3.83. The van der Waals surface area contributed by atoms with Crippen LogP contribution in [0.25, 0.3) is 10.2 Å². The maximum absolute atomic E-state index is 11.7. The van der Waals surface area contributed by atoms with Crippen molar-refractivity contribution in [3.63, 3.8) is 0 Å². The van der Waals surface area contributed by atoms with Gasteiger partial charge in [-0.05, 0) is 37.8 Å². The number of aromatic nitrogens is 1. The van der Waals surface area contributed by atoms with Crippen molar-refractivity contribution in [1.29, 1.82) is 0 Å². The molecule has 24 heavy (non-hydrogen) atoms. The third kappa shape index (κ3) is 5.60. The highest BCUT2D eigenvalue weighted by Gasteiger charge is 2.13. The molecule has 1 aromatic heterocycles. The molecule has 0 saturated heterocycles. The Hall–Kier alpha value is -1.95. The summed E-state index contributed by atoms with van der Waals surface area (Å²) in [6.07, 6.45) is 1.70. The van der Waals surface area contributed by atoms with Crippen molar-refractivity contribution in [2.24, 2.45) is 5.92 Å². The average molecular weight is 348 g/mol. The van der Waals surface area contributed by atoms with Gasteiger partial charge in [-0.1, -0.05) is 26.0 Å². The third-order valence-corrected chi connectivity index (χ3v) is 4.96. The first kappa shape index (κ1) is 18.4. The fourth-order valence-corrected chi connectivity index (χ4v) is 3.10. The highest BCUT2D eigenvalue weighted by Crippen LogP contribution is 2.22. The maximum atomic E-state index is 11.7. The number of amides is 1. The quantitative estimate of drug-likeness (QED) is 0.743. The van der Waals surface area contributed by atoms with Crippen molar-refractivity contribution in [2.75, 3.05) is 6.61 Å². The molecule has 0 bridgehead atoms. The van der Waals surface area contributed by atoms with Gasteiger partial charge in [0.2, 0.25) is 0 Å². The van der Waals surface area contributed by atoms with E-state index < -0.39 is 0 Å². The molecule has 2 rings (SSSR count). The van der Waals surface area contributed by atoms with Crippen LogP contribution in [0.15, 0.2) is 24.3 Å². The number of nitrogens with one attached hydrogen (secondary N) is 1. The Morgan fingerprint density at radius 3 is 2.71 bits per heavy atom. The highest BCUT2D eigenvalue weighted by molar-refractivity contribution is 7.18. The minimum Gasteiger partial charge on any atom is -0.456 e. The number of thiazole rings is 1. The lowest BCUT2D eigenvalue weighted by Gasteiger charge is -2.17. The van der Waals surface area contributed by atoms with E-state index in [1.807, 2.05) is 45.0 Å². The Balaban J connectivity index is 1.67. The van der Waals surface area contributed by atoms with Crippen molar-refractivity contribution in [2.45, 2.75) is 46.1 Å². The molecule has 2 aromatic rings. The number of hydrogen-bond donors (Lipinski definition) is 1. The van der Waals surface area contributed by atoms with Crippen LogP contribution in [0.1, 0.15) is 38.6 Å². The molecule has 0 saturated carbocycles. The molecule has 5 nitrogen and oxygen atoms in total. The molecule has 0 unspecified atom stereocenters. The molecule has 130 valence electrons. The molecule has 1 aromatic carbocycles. The molecule has 1 N–H and O–H groups in total. The second-order valence-electron chi connectivity index (χ2n) is 6.19. The van der Waals surface area contributed by atoms with E-state index in [0.29, 0.717) is 18.8 Å². The lowest BCUT2D eigenvalue weighted by Crippen LogP contribution is -2.38. The monoisotopic (exact) mass is 348 g/mol. The zero-order valence-corrected chi connectivity index (χ0v) is 15.2. The van der Waals surface area contributed by atoms with E-state index in [1.54, 1.807) is 11.3 Å². The lowest BCUT2D eigenvalue weighted by atomic mass is 10.1. The molecule has 0 spiro atoms. The molecule has 0 aliphatic rings. The van der Waals surface area contributed by atoms with E-state index in [2.05, 4.69) is 10.3 Å². The first-order valence-electron chi connectivity index (χ1n) is 8.25. The van der Waals surface area contributed by atoms with Crippen LogP contribution in [-0.4, -0.2) is 29.5 Å². The Bertz CT molecular complexity index is 663. The molecule has 0 aliphatic carbocycles. The number of hydrogen-bond acceptors (Lipinski definition) is 5. The zero-order chi connectivity index (χ0) is 17.5. The van der Waals surface area contributed by atoms with Crippen molar-refractivity contribution in [1.82, 2.24) is 10.3 Å². The number of carbonyl (C=O) groups excluding carboxylic acids is 2. The van der Waals surface area contributed by atoms with Gasteiger partial charge >= 0.3 is 5.97 Å². The number of aryl methyl sites for hydroxylation is 1. The summed E-state index contributed by atoms with van der Waals surface area (Å²) in [5.41, 5.74) is 0.996. The Labute approximate surface area is 146 Å². The summed E-state index contributed by atoms with van der Waals surface area (Å²) < 4.78 is 6.17. The molecule has 0 radical (unpaired) electrons. The molecule has 6 heteroatoms. The van der Waals surface area contributed by atoms with Gasteiger partial charge in [0.15, 0.2) is 6.61 Å². The first-order chi connectivity index (χ1) is 11.5. The SMILES string of the molecule is CC(C)[C@H](C)NC(=O)COC(=O)CCCc1nc2ccccc2s1. The van der Waals surface area contributed by atoms with Gasteiger partial charge < -0.3 is 10.1 Å². The zero-order valence-electron chi connectivity index (χ0n) is 14.4. The van der Waals surface area contributed by atoms with E-state index in [1.165, 1.54) is 0 Å². The summed E-state index contributed by atoms with van der Waals surface area (Å²) in [5.74, 6) is -0.252. The number of ether oxygens (including phenoxy) is 1. The van der Waals surface area contributed by atoms with E-state index in [4.69, 9.17) is 4.74 Å². The van der Waals surface area contributed by atoms with Gasteiger partial charge in [0.05, 0.1) is 15.2 Å². The van der Waals surface area contributed by atoms with Crippen LogP contribution >= 0.6 is 11.3 Å². The van der Waals surface area contributed by atoms with Crippen LogP contribution in [0.2, 0.25) is 0 Å². The van der Waals surface area contributed by atoms with Gasteiger partial charge in [0.1, 0.15) is 0 Å². The molecular weight excluding hydrogens is 324 g/mol. The van der Waals surface area contributed by atoms with Crippen molar-refractivity contribution < 1.29 is 14.3 Å². The fraction of sp³-hybridized carbons (Fsp3) is 0.500. The van der Waals surface area contributed by atoms with E-state index in [9.17, 15) is 9.59 Å². The molecule has 1 atom stereocenters. The smallest absolute Gasteiger partial charge is 0.306 e. The Morgan fingerprint density at radius 1 is 1.25 bits per heavy atom. The minimum atomic E-state index is -0.344. The number of nitrogens with zero attached hydrogens (tertiary/aromatic N) is 1. The summed E-state index contributed by atoms with van der Waals surface area (Å²) in [7, 11) is 0. The first-order valence-corrected chi connectivity index (χ1v) is 9.07. The van der Waals surface area contributed by atoms with Crippen molar-refractivity contribution in [3.05, 3.63) is 29.3 Å². The van der Waals surface area contributed by atoms with Gasteiger partial charge in [-0.3, -0.25) is 9.59 Å². The highest BCUT2D eigenvalue weighted by atomic mass is 32.1.